The molecular weight excluding hydrogens is 248 g/mol. The summed E-state index contributed by atoms with van der Waals surface area (Å²) in [6, 6.07) is 10.8. The van der Waals surface area contributed by atoms with Gasteiger partial charge in [0.1, 0.15) is 11.9 Å². The van der Waals surface area contributed by atoms with Crippen molar-refractivity contribution in [3.63, 3.8) is 0 Å². The summed E-state index contributed by atoms with van der Waals surface area (Å²) in [6.45, 7) is 5.13. The second-order valence-electron chi connectivity index (χ2n) is 5.47. The molecule has 0 bridgehead atoms. The predicted molar refractivity (Wildman–Crippen MR) is 80.0 cm³/mol. The Kier molecular flexibility index (Phi) is 3.70. The lowest BCUT2D eigenvalue weighted by molar-refractivity contribution is 0.222. The van der Waals surface area contributed by atoms with Crippen LogP contribution in [-0.4, -0.2) is 17.6 Å². The fourth-order valence-corrected chi connectivity index (χ4v) is 2.62. The molecule has 0 saturated heterocycles. The molecule has 0 radical (unpaired) electrons. The van der Waals surface area contributed by atoms with Crippen LogP contribution >= 0.6 is 0 Å². The van der Waals surface area contributed by atoms with Gasteiger partial charge in [0.2, 0.25) is 0 Å². The van der Waals surface area contributed by atoms with E-state index in [0.29, 0.717) is 0 Å². The smallest absolute Gasteiger partial charge is 0.123 e. The molecule has 3 nitrogen and oxygen atoms in total. The van der Waals surface area contributed by atoms with Crippen molar-refractivity contribution in [1.82, 2.24) is 10.3 Å². The van der Waals surface area contributed by atoms with Crippen LogP contribution in [0.15, 0.2) is 42.7 Å². The maximum absolute atomic E-state index is 5.97. The Labute approximate surface area is 120 Å². The molecule has 0 saturated carbocycles. The van der Waals surface area contributed by atoms with Gasteiger partial charge in [-0.15, -0.1) is 0 Å². The van der Waals surface area contributed by atoms with E-state index >= 15 is 0 Å². The topological polar surface area (TPSA) is 34.2 Å². The number of benzene rings is 1. The predicted octanol–water partition coefficient (Wildman–Crippen LogP) is 3.04. The van der Waals surface area contributed by atoms with Crippen LogP contribution in [0.25, 0.3) is 0 Å². The van der Waals surface area contributed by atoms with Gasteiger partial charge in [0.05, 0.1) is 0 Å². The SMILES string of the molecule is Cc1ccc2c(c1)CC(CNC(C)c1cccnc1)O2. The summed E-state index contributed by atoms with van der Waals surface area (Å²) in [5, 5.41) is 3.53. The van der Waals surface area contributed by atoms with Crippen molar-refractivity contribution in [2.45, 2.75) is 32.4 Å². The number of rotatable bonds is 4. The lowest BCUT2D eigenvalue weighted by Gasteiger charge is -2.17. The number of fused-ring (bicyclic) bond motifs is 1. The molecule has 0 amide bonds. The zero-order valence-corrected chi connectivity index (χ0v) is 12.0. The first-order valence-corrected chi connectivity index (χ1v) is 7.12. The number of nitrogens with one attached hydrogen (secondary N) is 1. The normalized spacial score (nSPS) is 18.4. The number of ether oxygens (including phenoxy) is 1. The van der Waals surface area contributed by atoms with Crippen molar-refractivity contribution in [1.29, 1.82) is 0 Å². The number of nitrogens with zero attached hydrogens (tertiary/aromatic N) is 1. The van der Waals surface area contributed by atoms with E-state index in [4.69, 9.17) is 4.74 Å². The third-order valence-corrected chi connectivity index (χ3v) is 3.79. The van der Waals surface area contributed by atoms with Crippen molar-refractivity contribution >= 4 is 0 Å². The van der Waals surface area contributed by atoms with E-state index in [2.05, 4.69) is 48.4 Å². The monoisotopic (exact) mass is 268 g/mol. The summed E-state index contributed by atoms with van der Waals surface area (Å²) in [5.74, 6) is 1.04. The molecule has 0 fully saturated rings. The summed E-state index contributed by atoms with van der Waals surface area (Å²) < 4.78 is 5.97. The molecule has 1 N–H and O–H groups in total. The molecule has 1 aliphatic heterocycles. The summed E-state index contributed by atoms with van der Waals surface area (Å²) in [5.41, 5.74) is 3.83. The molecule has 1 aromatic carbocycles. The van der Waals surface area contributed by atoms with E-state index < -0.39 is 0 Å². The highest BCUT2D eigenvalue weighted by Gasteiger charge is 2.23. The van der Waals surface area contributed by atoms with Crippen LogP contribution in [0.1, 0.15) is 29.7 Å². The Hall–Kier alpha value is -1.87. The minimum atomic E-state index is 0.228. The Bertz CT molecular complexity index is 583. The number of hydrogen-bond donors (Lipinski definition) is 1. The lowest BCUT2D eigenvalue weighted by atomic mass is 10.1. The second kappa shape index (κ2) is 5.63. The van der Waals surface area contributed by atoms with Crippen LogP contribution in [0.3, 0.4) is 0 Å². The third kappa shape index (κ3) is 2.83. The highest BCUT2D eigenvalue weighted by Crippen LogP contribution is 2.29. The molecule has 2 unspecified atom stereocenters. The molecule has 3 heteroatoms. The maximum atomic E-state index is 5.97. The molecule has 1 aromatic heterocycles. The third-order valence-electron chi connectivity index (χ3n) is 3.79. The molecule has 3 rings (SSSR count). The average molecular weight is 268 g/mol. The van der Waals surface area contributed by atoms with Gasteiger partial charge in [-0.1, -0.05) is 23.8 Å². The first-order valence-electron chi connectivity index (χ1n) is 7.12. The van der Waals surface area contributed by atoms with Crippen LogP contribution in [0.2, 0.25) is 0 Å². The van der Waals surface area contributed by atoms with E-state index in [-0.39, 0.29) is 12.1 Å². The Morgan fingerprint density at radius 3 is 3.10 bits per heavy atom. The van der Waals surface area contributed by atoms with Gasteiger partial charge in [-0.05, 0) is 37.1 Å². The van der Waals surface area contributed by atoms with Crippen LogP contribution in [0.5, 0.6) is 5.75 Å². The van der Waals surface area contributed by atoms with E-state index in [1.165, 1.54) is 16.7 Å². The molecule has 1 aliphatic rings. The minimum absolute atomic E-state index is 0.228. The fraction of sp³-hybridized carbons (Fsp3) is 0.353. The molecular formula is C17H20N2O. The first-order chi connectivity index (χ1) is 9.72. The highest BCUT2D eigenvalue weighted by atomic mass is 16.5. The fourth-order valence-electron chi connectivity index (χ4n) is 2.62. The summed E-state index contributed by atoms with van der Waals surface area (Å²) in [6.07, 6.45) is 4.93. The summed E-state index contributed by atoms with van der Waals surface area (Å²) in [4.78, 5) is 4.16. The second-order valence-corrected chi connectivity index (χ2v) is 5.47. The van der Waals surface area contributed by atoms with Crippen LogP contribution < -0.4 is 10.1 Å². The van der Waals surface area contributed by atoms with Gasteiger partial charge in [0.15, 0.2) is 0 Å². The molecule has 2 aromatic rings. The van der Waals surface area contributed by atoms with E-state index in [1.54, 1.807) is 6.20 Å². The van der Waals surface area contributed by atoms with Crippen LogP contribution in [0, 0.1) is 6.92 Å². The van der Waals surface area contributed by atoms with Gasteiger partial charge in [-0.2, -0.15) is 0 Å². The van der Waals surface area contributed by atoms with Crippen LogP contribution in [0.4, 0.5) is 0 Å². The largest absolute Gasteiger partial charge is 0.488 e. The molecule has 2 atom stereocenters. The van der Waals surface area contributed by atoms with Crippen molar-refractivity contribution in [2.24, 2.45) is 0 Å². The van der Waals surface area contributed by atoms with Crippen LogP contribution in [-0.2, 0) is 6.42 Å². The Morgan fingerprint density at radius 1 is 1.40 bits per heavy atom. The molecule has 2 heterocycles. The maximum Gasteiger partial charge on any atom is 0.123 e. The van der Waals surface area contributed by atoms with Gasteiger partial charge in [-0.25, -0.2) is 0 Å². The number of pyridine rings is 1. The molecule has 0 spiro atoms. The standard InChI is InChI=1S/C17H20N2O/c1-12-5-6-17-15(8-12)9-16(20-17)11-19-13(2)14-4-3-7-18-10-14/h3-8,10,13,16,19H,9,11H2,1-2H3. The van der Waals surface area contributed by atoms with E-state index in [1.807, 2.05) is 12.3 Å². The molecule has 104 valence electrons. The van der Waals surface area contributed by atoms with Crippen molar-refractivity contribution in [2.75, 3.05) is 6.54 Å². The Balaban J connectivity index is 1.56. The zero-order valence-electron chi connectivity index (χ0n) is 12.0. The highest BCUT2D eigenvalue weighted by molar-refractivity contribution is 5.40. The minimum Gasteiger partial charge on any atom is -0.488 e. The first kappa shape index (κ1) is 13.1. The Morgan fingerprint density at radius 2 is 2.30 bits per heavy atom. The van der Waals surface area contributed by atoms with E-state index in [0.717, 1.165) is 18.7 Å². The summed E-state index contributed by atoms with van der Waals surface area (Å²) >= 11 is 0. The van der Waals surface area contributed by atoms with E-state index in [9.17, 15) is 0 Å². The van der Waals surface area contributed by atoms with Gasteiger partial charge in [0, 0.05) is 31.4 Å². The van der Waals surface area contributed by atoms with Gasteiger partial charge >= 0.3 is 0 Å². The average Bonchev–Trinajstić information content (AvgIpc) is 2.87. The van der Waals surface area contributed by atoms with Crippen molar-refractivity contribution in [3.05, 3.63) is 59.4 Å². The van der Waals surface area contributed by atoms with Gasteiger partial charge in [-0.3, -0.25) is 4.98 Å². The van der Waals surface area contributed by atoms with Crippen molar-refractivity contribution in [3.8, 4) is 5.75 Å². The summed E-state index contributed by atoms with van der Waals surface area (Å²) in [7, 11) is 0. The lowest BCUT2D eigenvalue weighted by Crippen LogP contribution is -2.31. The molecule has 20 heavy (non-hydrogen) atoms. The number of aromatic nitrogens is 1. The zero-order chi connectivity index (χ0) is 13.9. The number of aryl methyl sites for hydroxylation is 1. The van der Waals surface area contributed by atoms with Gasteiger partial charge < -0.3 is 10.1 Å². The van der Waals surface area contributed by atoms with Gasteiger partial charge in [0.25, 0.3) is 0 Å². The molecule has 0 aliphatic carbocycles. The van der Waals surface area contributed by atoms with Crippen molar-refractivity contribution < 1.29 is 4.74 Å². The quantitative estimate of drug-likeness (QED) is 0.925. The number of hydrogen-bond acceptors (Lipinski definition) is 3.